The van der Waals surface area contributed by atoms with Crippen molar-refractivity contribution in [2.24, 2.45) is 5.92 Å². The highest BCUT2D eigenvalue weighted by molar-refractivity contribution is 5.84. The third-order valence-corrected chi connectivity index (χ3v) is 4.20. The summed E-state index contributed by atoms with van der Waals surface area (Å²) in [4.78, 5) is 26.0. The maximum atomic E-state index is 12.3. The van der Waals surface area contributed by atoms with Crippen molar-refractivity contribution in [1.82, 2.24) is 20.1 Å². The number of aliphatic hydroxyl groups is 1. The molecule has 128 valence electrons. The van der Waals surface area contributed by atoms with Gasteiger partial charge in [0.05, 0.1) is 6.07 Å². The number of aromatic nitrogens is 3. The van der Waals surface area contributed by atoms with Crippen molar-refractivity contribution < 1.29 is 14.8 Å². The van der Waals surface area contributed by atoms with Crippen LogP contribution < -0.4 is 5.32 Å². The van der Waals surface area contributed by atoms with E-state index in [1.54, 1.807) is 30.3 Å². The number of nitro groups is 1. The normalized spacial score (nSPS) is 28.8. The molecule has 25 heavy (non-hydrogen) atoms. The molecule has 0 spiro atoms. The van der Waals surface area contributed by atoms with Crippen molar-refractivity contribution >= 4 is 11.9 Å². The van der Waals surface area contributed by atoms with Gasteiger partial charge in [0.1, 0.15) is 12.0 Å². The number of carbonyl (C=O) groups excluding carboxylic acids is 1. The van der Waals surface area contributed by atoms with E-state index in [2.05, 4.69) is 15.4 Å². The first-order chi connectivity index (χ1) is 11.8. The number of nitrogens with zero attached hydrogens (tertiary/aromatic N) is 5. The molecule has 0 saturated carbocycles. The molecule has 0 bridgehead atoms. The summed E-state index contributed by atoms with van der Waals surface area (Å²) in [6.07, 6.45) is 1.11. The fraction of sp³-hybridized carbons (Fsp3) is 0.333. The van der Waals surface area contributed by atoms with E-state index in [-0.39, 0.29) is 0 Å². The van der Waals surface area contributed by atoms with Gasteiger partial charge in [-0.2, -0.15) is 9.94 Å². The van der Waals surface area contributed by atoms with Gasteiger partial charge in [0.15, 0.2) is 5.72 Å². The Kier molecular flexibility index (Phi) is 3.94. The predicted molar refractivity (Wildman–Crippen MR) is 82.8 cm³/mol. The second-order valence-electron chi connectivity index (χ2n) is 5.91. The van der Waals surface area contributed by atoms with Gasteiger partial charge < -0.3 is 20.5 Å². The lowest BCUT2D eigenvalue weighted by Crippen LogP contribution is -2.61. The molecule has 2 aromatic rings. The van der Waals surface area contributed by atoms with Crippen LogP contribution in [-0.4, -0.2) is 36.4 Å². The predicted octanol–water partition coefficient (Wildman–Crippen LogP) is 0.489. The molecule has 1 fully saturated rings. The van der Waals surface area contributed by atoms with Gasteiger partial charge in [-0.3, -0.25) is 4.79 Å². The van der Waals surface area contributed by atoms with Crippen molar-refractivity contribution in [2.75, 3.05) is 0 Å². The number of benzene rings is 1. The molecule has 0 aliphatic carbocycles. The molecule has 4 atom stereocenters. The fourth-order valence-electron chi connectivity index (χ4n) is 3.19. The summed E-state index contributed by atoms with van der Waals surface area (Å²) in [5.74, 6) is -3.12. The van der Waals surface area contributed by atoms with Crippen LogP contribution >= 0.6 is 0 Å². The van der Waals surface area contributed by atoms with Crippen molar-refractivity contribution in [3.05, 3.63) is 52.3 Å². The van der Waals surface area contributed by atoms with Gasteiger partial charge >= 0.3 is 5.95 Å². The van der Waals surface area contributed by atoms with Gasteiger partial charge in [-0.05, 0) is 17.4 Å². The number of amides is 1. The summed E-state index contributed by atoms with van der Waals surface area (Å²) in [6.45, 7) is 1.35. The Morgan fingerprint density at radius 3 is 2.68 bits per heavy atom. The van der Waals surface area contributed by atoms with Gasteiger partial charge in [0.25, 0.3) is 0 Å². The minimum atomic E-state index is -1.79. The first-order valence-corrected chi connectivity index (χ1v) is 7.39. The molecule has 1 aromatic heterocycles. The molecule has 3 rings (SSSR count). The van der Waals surface area contributed by atoms with Crippen LogP contribution in [0.5, 0.6) is 0 Å². The number of rotatable bonds is 3. The lowest BCUT2D eigenvalue weighted by atomic mass is 9.74. The molecule has 1 aliphatic heterocycles. The summed E-state index contributed by atoms with van der Waals surface area (Å²) < 4.78 is 1.12. The molecule has 10 nitrogen and oxygen atoms in total. The summed E-state index contributed by atoms with van der Waals surface area (Å²) in [5.41, 5.74) is -1.15. The Bertz CT molecular complexity index is 856. The lowest BCUT2D eigenvalue weighted by molar-refractivity contribution is -0.394. The van der Waals surface area contributed by atoms with Gasteiger partial charge in [-0.25, -0.2) is 0 Å². The molecular formula is C15H14N6O4. The van der Waals surface area contributed by atoms with Gasteiger partial charge in [-0.1, -0.05) is 35.3 Å². The average molecular weight is 342 g/mol. The molecular weight excluding hydrogens is 328 g/mol. The monoisotopic (exact) mass is 342 g/mol. The molecule has 1 amide bonds. The Balaban J connectivity index is 2.16. The van der Waals surface area contributed by atoms with E-state index in [0.717, 1.165) is 11.0 Å². The zero-order chi connectivity index (χ0) is 18.2. The zero-order valence-corrected chi connectivity index (χ0v) is 13.1. The largest absolute Gasteiger partial charge is 0.490 e. The Labute approximate surface area is 141 Å². The summed E-state index contributed by atoms with van der Waals surface area (Å²) in [6, 6.07) is 9.70. The number of piperidine rings is 1. The summed E-state index contributed by atoms with van der Waals surface area (Å²) in [5, 5.41) is 37.3. The molecule has 10 heteroatoms. The van der Waals surface area contributed by atoms with Crippen LogP contribution in [0.1, 0.15) is 24.4 Å². The van der Waals surface area contributed by atoms with Crippen molar-refractivity contribution in [3.63, 3.8) is 0 Å². The van der Waals surface area contributed by atoms with E-state index in [1.807, 2.05) is 6.07 Å². The number of nitriles is 1. The summed E-state index contributed by atoms with van der Waals surface area (Å²) in [7, 11) is 0. The molecule has 2 heterocycles. The molecule has 0 radical (unpaired) electrons. The number of hydrogen-bond acceptors (Lipinski definition) is 7. The highest BCUT2D eigenvalue weighted by Gasteiger charge is 2.53. The van der Waals surface area contributed by atoms with E-state index in [1.165, 1.54) is 6.92 Å². The topological polar surface area (TPSA) is 147 Å². The van der Waals surface area contributed by atoms with E-state index < -0.39 is 40.4 Å². The minimum Gasteiger partial charge on any atom is -0.390 e. The van der Waals surface area contributed by atoms with Crippen LogP contribution in [0.25, 0.3) is 0 Å². The van der Waals surface area contributed by atoms with Crippen LogP contribution in [0.2, 0.25) is 0 Å². The summed E-state index contributed by atoms with van der Waals surface area (Å²) >= 11 is 0. The van der Waals surface area contributed by atoms with E-state index in [4.69, 9.17) is 0 Å². The van der Waals surface area contributed by atoms with Gasteiger partial charge in [0, 0.05) is 11.0 Å². The second-order valence-corrected chi connectivity index (χ2v) is 5.91. The number of hydrogen-bond donors (Lipinski definition) is 2. The van der Waals surface area contributed by atoms with Crippen LogP contribution in [0.3, 0.4) is 0 Å². The molecule has 1 aromatic carbocycles. The minimum absolute atomic E-state index is 0.618. The Morgan fingerprint density at radius 1 is 1.44 bits per heavy atom. The molecule has 1 saturated heterocycles. The van der Waals surface area contributed by atoms with E-state index in [9.17, 15) is 25.3 Å². The van der Waals surface area contributed by atoms with Crippen LogP contribution in [-0.2, 0) is 4.79 Å². The SMILES string of the molecule is CC1(O)NC(=O)C(C#N)C(c2ccccc2)C1n1cnc([N+](=O)[O-])n1. The van der Waals surface area contributed by atoms with Gasteiger partial charge in [0.2, 0.25) is 12.2 Å². The van der Waals surface area contributed by atoms with Crippen molar-refractivity contribution in [1.29, 1.82) is 5.26 Å². The average Bonchev–Trinajstić information content (AvgIpc) is 3.04. The molecule has 4 unspecified atom stereocenters. The number of carbonyl (C=O) groups is 1. The van der Waals surface area contributed by atoms with Crippen LogP contribution in [0, 0.1) is 27.4 Å². The number of nitrogens with one attached hydrogen (secondary N) is 1. The Morgan fingerprint density at radius 2 is 2.12 bits per heavy atom. The third-order valence-electron chi connectivity index (χ3n) is 4.20. The Hall–Kier alpha value is -3.32. The smallest absolute Gasteiger partial charge is 0.390 e. The second kappa shape index (κ2) is 5.95. The zero-order valence-electron chi connectivity index (χ0n) is 13.1. The van der Waals surface area contributed by atoms with Crippen molar-refractivity contribution in [3.8, 4) is 6.07 Å². The standard InChI is InChI=1S/C15H14N6O4/c1-15(23)12(20-8-17-14(19-20)21(24)25)11(9-5-3-2-4-6-9)10(7-16)13(22)18-15/h2-6,8,10-12,23H,1H3,(H,18,22). The lowest BCUT2D eigenvalue weighted by Gasteiger charge is -2.43. The van der Waals surface area contributed by atoms with Crippen molar-refractivity contribution in [2.45, 2.75) is 24.6 Å². The van der Waals surface area contributed by atoms with Gasteiger partial charge in [-0.15, -0.1) is 0 Å². The third kappa shape index (κ3) is 2.81. The highest BCUT2D eigenvalue weighted by atomic mass is 16.6. The maximum Gasteiger partial charge on any atom is 0.490 e. The molecule has 1 aliphatic rings. The van der Waals surface area contributed by atoms with E-state index >= 15 is 0 Å². The quantitative estimate of drug-likeness (QED) is 0.609. The molecule has 2 N–H and O–H groups in total. The fourth-order valence-corrected chi connectivity index (χ4v) is 3.19. The first kappa shape index (κ1) is 16.5. The van der Waals surface area contributed by atoms with Crippen LogP contribution in [0.15, 0.2) is 36.7 Å². The highest BCUT2D eigenvalue weighted by Crippen LogP contribution is 2.44. The van der Waals surface area contributed by atoms with E-state index in [0.29, 0.717) is 5.56 Å². The first-order valence-electron chi connectivity index (χ1n) is 7.39. The maximum absolute atomic E-state index is 12.3. The van der Waals surface area contributed by atoms with Crippen LogP contribution in [0.4, 0.5) is 5.95 Å².